The zero-order valence-corrected chi connectivity index (χ0v) is 13.6. The van der Waals surface area contributed by atoms with Gasteiger partial charge in [-0.15, -0.1) is 0 Å². The summed E-state index contributed by atoms with van der Waals surface area (Å²) < 4.78 is 5.24. The van der Waals surface area contributed by atoms with E-state index >= 15 is 0 Å². The first-order chi connectivity index (χ1) is 10.6. The summed E-state index contributed by atoms with van der Waals surface area (Å²) >= 11 is 0. The van der Waals surface area contributed by atoms with E-state index in [0.29, 0.717) is 24.2 Å². The minimum Gasteiger partial charge on any atom is -0.512 e. The molecule has 1 aromatic rings. The zero-order valence-electron chi connectivity index (χ0n) is 13.6. The number of aliphatic hydroxyl groups is 1. The van der Waals surface area contributed by atoms with Crippen LogP contribution < -0.4 is 5.63 Å². The number of hydrogen-bond acceptors (Lipinski definition) is 6. The average molecular weight is 317 g/mol. The van der Waals surface area contributed by atoms with Crippen LogP contribution >= 0.6 is 0 Å². The molecule has 0 aromatic carbocycles. The Bertz CT molecular complexity index is 792. The summed E-state index contributed by atoms with van der Waals surface area (Å²) in [5.41, 5.74) is -0.649. The molecule has 0 fully saturated rings. The van der Waals surface area contributed by atoms with Crippen molar-refractivity contribution in [2.75, 3.05) is 0 Å². The van der Waals surface area contributed by atoms with Crippen LogP contribution in [0.3, 0.4) is 0 Å². The van der Waals surface area contributed by atoms with Crippen molar-refractivity contribution < 1.29 is 19.1 Å². The molecule has 0 saturated carbocycles. The lowest BCUT2D eigenvalue weighted by atomic mass is 9.76. The summed E-state index contributed by atoms with van der Waals surface area (Å²) in [6.07, 6.45) is 1.97. The highest BCUT2D eigenvalue weighted by molar-refractivity contribution is 6.13. The normalized spacial score (nSPS) is 17.8. The van der Waals surface area contributed by atoms with Crippen LogP contribution in [0.4, 0.5) is 5.69 Å². The molecule has 0 amide bonds. The van der Waals surface area contributed by atoms with Gasteiger partial charge in [-0.2, -0.15) is 0 Å². The predicted octanol–water partition coefficient (Wildman–Crippen LogP) is 2.92. The number of Topliss-reactive ketones (excluding diaryl/α,β-unsaturated/α-hetero) is 2. The molecule has 2 rings (SSSR count). The molecule has 0 spiro atoms. The van der Waals surface area contributed by atoms with Gasteiger partial charge in [-0.05, 0) is 25.3 Å². The third-order valence-corrected chi connectivity index (χ3v) is 3.69. The number of carbonyl (C=O) groups is 2. The second-order valence-electron chi connectivity index (χ2n) is 6.51. The Balaban J connectivity index is 2.46. The fraction of sp³-hybridized carbons (Fsp3) is 0.412. The number of aliphatic imine (C=N–C) groups is 1. The molecule has 0 aliphatic heterocycles. The lowest BCUT2D eigenvalue weighted by molar-refractivity contribution is -0.113. The van der Waals surface area contributed by atoms with Gasteiger partial charge in [-0.25, -0.2) is 9.79 Å². The van der Waals surface area contributed by atoms with Gasteiger partial charge < -0.3 is 9.52 Å². The molecular weight excluding hydrogens is 298 g/mol. The smallest absolute Gasteiger partial charge is 0.362 e. The van der Waals surface area contributed by atoms with Crippen LogP contribution in [0.15, 0.2) is 31.6 Å². The number of hydrogen-bond donors (Lipinski definition) is 1. The summed E-state index contributed by atoms with van der Waals surface area (Å²) in [5.74, 6) is -0.302. The first-order valence-corrected chi connectivity index (χ1v) is 7.26. The molecule has 1 aliphatic carbocycles. The van der Waals surface area contributed by atoms with Crippen LogP contribution in [0.2, 0.25) is 0 Å². The van der Waals surface area contributed by atoms with E-state index in [1.165, 1.54) is 19.9 Å². The van der Waals surface area contributed by atoms with Crippen molar-refractivity contribution in [1.29, 1.82) is 0 Å². The Morgan fingerprint density at radius 2 is 1.96 bits per heavy atom. The molecular formula is C17H19NO5. The highest BCUT2D eigenvalue weighted by Gasteiger charge is 2.33. The van der Waals surface area contributed by atoms with Gasteiger partial charge in [0.2, 0.25) is 0 Å². The number of carbonyl (C=O) groups excluding carboxylic acids is 2. The number of allylic oxidation sites excluding steroid dienone is 2. The topological polar surface area (TPSA) is 96.9 Å². The molecule has 0 atom stereocenters. The first kappa shape index (κ1) is 16.9. The molecule has 122 valence electrons. The maximum Gasteiger partial charge on any atom is 0.362 e. The average Bonchev–Trinajstić information content (AvgIpc) is 2.37. The van der Waals surface area contributed by atoms with Gasteiger partial charge in [0.25, 0.3) is 0 Å². The third kappa shape index (κ3) is 3.64. The molecule has 0 radical (unpaired) electrons. The Labute approximate surface area is 133 Å². The maximum atomic E-state index is 12.2. The fourth-order valence-electron chi connectivity index (χ4n) is 2.55. The van der Waals surface area contributed by atoms with Crippen molar-refractivity contribution in [3.63, 3.8) is 0 Å². The van der Waals surface area contributed by atoms with Crippen LogP contribution in [0, 0.1) is 5.41 Å². The molecule has 23 heavy (non-hydrogen) atoms. The van der Waals surface area contributed by atoms with Crippen LogP contribution in [0.25, 0.3) is 0 Å². The summed E-state index contributed by atoms with van der Waals surface area (Å²) in [5, 5.41) is 9.43. The molecule has 6 heteroatoms. The third-order valence-electron chi connectivity index (χ3n) is 3.69. The summed E-state index contributed by atoms with van der Waals surface area (Å²) in [7, 11) is 0. The Morgan fingerprint density at radius 3 is 2.52 bits per heavy atom. The summed E-state index contributed by atoms with van der Waals surface area (Å²) in [6.45, 7) is 6.51. The van der Waals surface area contributed by atoms with Gasteiger partial charge in [0.05, 0.1) is 11.1 Å². The van der Waals surface area contributed by atoms with Crippen molar-refractivity contribution in [2.24, 2.45) is 10.4 Å². The van der Waals surface area contributed by atoms with E-state index in [0.717, 1.165) is 6.21 Å². The SMILES string of the molecule is CC(=O)/C(C=Nc1cc2c(oc1=O)CC(C)(C)CC2=O)=C(\C)O. The van der Waals surface area contributed by atoms with Crippen LogP contribution in [-0.4, -0.2) is 22.9 Å². The van der Waals surface area contributed by atoms with Crippen LogP contribution in [-0.2, 0) is 11.2 Å². The molecule has 0 unspecified atom stereocenters. The Morgan fingerprint density at radius 1 is 1.30 bits per heavy atom. The van der Waals surface area contributed by atoms with Crippen LogP contribution in [0.1, 0.15) is 50.2 Å². The van der Waals surface area contributed by atoms with Gasteiger partial charge in [-0.3, -0.25) is 9.59 Å². The standard InChI is InChI=1S/C17H19NO5/c1-9(19)12(10(2)20)8-18-13-5-11-14(21)6-17(3,4)7-15(11)23-16(13)22/h5,8,19H,6-7H2,1-4H3/b12-9+,18-8?. The van der Waals surface area contributed by atoms with E-state index in [-0.39, 0.29) is 34.0 Å². The monoisotopic (exact) mass is 317 g/mol. The second-order valence-corrected chi connectivity index (χ2v) is 6.51. The molecule has 6 nitrogen and oxygen atoms in total. The maximum absolute atomic E-state index is 12.2. The molecule has 1 N–H and O–H groups in total. The van der Waals surface area contributed by atoms with Crippen molar-refractivity contribution >= 4 is 23.5 Å². The number of ketones is 2. The molecule has 1 aliphatic rings. The van der Waals surface area contributed by atoms with E-state index in [9.17, 15) is 19.5 Å². The van der Waals surface area contributed by atoms with Gasteiger partial charge in [0.15, 0.2) is 11.6 Å². The zero-order chi connectivity index (χ0) is 17.4. The summed E-state index contributed by atoms with van der Waals surface area (Å²) in [4.78, 5) is 39.5. The van der Waals surface area contributed by atoms with Gasteiger partial charge in [0, 0.05) is 19.1 Å². The molecule has 0 saturated heterocycles. The number of rotatable bonds is 3. The molecule has 1 heterocycles. The highest BCUT2D eigenvalue weighted by Crippen LogP contribution is 2.34. The van der Waals surface area contributed by atoms with Crippen molar-refractivity contribution in [3.8, 4) is 0 Å². The minimum atomic E-state index is -0.677. The number of nitrogens with zero attached hydrogens (tertiary/aromatic N) is 1. The lowest BCUT2D eigenvalue weighted by Gasteiger charge is -2.28. The van der Waals surface area contributed by atoms with Crippen molar-refractivity contribution in [3.05, 3.63) is 39.1 Å². The van der Waals surface area contributed by atoms with E-state index in [2.05, 4.69) is 4.99 Å². The second kappa shape index (κ2) is 5.95. The lowest BCUT2D eigenvalue weighted by Crippen LogP contribution is -2.28. The van der Waals surface area contributed by atoms with Gasteiger partial charge in [0.1, 0.15) is 17.2 Å². The fourth-order valence-corrected chi connectivity index (χ4v) is 2.55. The van der Waals surface area contributed by atoms with E-state index in [1.54, 1.807) is 0 Å². The van der Waals surface area contributed by atoms with E-state index < -0.39 is 5.63 Å². The first-order valence-electron chi connectivity index (χ1n) is 7.26. The van der Waals surface area contributed by atoms with Crippen molar-refractivity contribution in [1.82, 2.24) is 0 Å². The molecule has 0 bridgehead atoms. The molecule has 1 aromatic heterocycles. The van der Waals surface area contributed by atoms with E-state index in [4.69, 9.17) is 4.42 Å². The highest BCUT2D eigenvalue weighted by atomic mass is 16.4. The van der Waals surface area contributed by atoms with Crippen molar-refractivity contribution in [2.45, 2.75) is 40.5 Å². The Kier molecular flexibility index (Phi) is 4.36. The van der Waals surface area contributed by atoms with Gasteiger partial charge in [-0.1, -0.05) is 13.8 Å². The Hall–Kier alpha value is -2.50. The minimum absolute atomic E-state index is 0.00502. The predicted molar refractivity (Wildman–Crippen MR) is 85.6 cm³/mol. The summed E-state index contributed by atoms with van der Waals surface area (Å²) in [6, 6.07) is 1.39. The number of fused-ring (bicyclic) bond motifs is 1. The quantitative estimate of drug-likeness (QED) is 0.525. The van der Waals surface area contributed by atoms with Crippen LogP contribution in [0.5, 0.6) is 0 Å². The van der Waals surface area contributed by atoms with E-state index in [1.807, 2.05) is 13.8 Å². The number of aliphatic hydroxyl groups excluding tert-OH is 1. The van der Waals surface area contributed by atoms with Gasteiger partial charge >= 0.3 is 5.63 Å². The largest absolute Gasteiger partial charge is 0.512 e.